The van der Waals surface area contributed by atoms with E-state index in [-0.39, 0.29) is 56.3 Å². The maximum Gasteiger partial charge on any atom is 0.297 e. The third-order valence-electron chi connectivity index (χ3n) is 13.9. The first-order valence-electron chi connectivity index (χ1n) is 39.1. The fourth-order valence-electron chi connectivity index (χ4n) is 10.4. The van der Waals surface area contributed by atoms with Gasteiger partial charge in [0, 0.05) is 61.4 Å². The quantitative estimate of drug-likeness (QED) is 0.164. The molecule has 9 aromatic carbocycles. The molecule has 0 radical (unpaired) electrons. The Balaban J connectivity index is 1.30. The van der Waals surface area contributed by atoms with E-state index in [4.69, 9.17) is 22.5 Å². The number of benzene rings is 9. The Hall–Kier alpha value is -8.42. The normalized spacial score (nSPS) is 19.5. The second-order valence-electron chi connectivity index (χ2n) is 21.8. The Labute approximate surface area is 480 Å². The molecule has 6 heterocycles. The average Bonchev–Trinajstić information content (AvgIpc) is 1.63. The van der Waals surface area contributed by atoms with Gasteiger partial charge in [0.15, 0.2) is 0 Å². The van der Waals surface area contributed by atoms with Crippen LogP contribution in [0.1, 0.15) is 120 Å². The zero-order valence-corrected chi connectivity index (χ0v) is 41.7. The van der Waals surface area contributed by atoms with Crippen LogP contribution in [0.2, 0.25) is 0 Å². The topological polar surface area (TPSA) is 40.9 Å². The van der Waals surface area contributed by atoms with Gasteiger partial charge in [-0.05, 0) is 141 Å². The van der Waals surface area contributed by atoms with E-state index in [0.29, 0.717) is 4.90 Å². The third kappa shape index (κ3) is 6.27. The van der Waals surface area contributed by atoms with E-state index in [9.17, 15) is 27.4 Å². The Bertz CT molecular complexity index is 6090. The van der Waals surface area contributed by atoms with Gasteiger partial charge >= 0.3 is 0 Å². The molecule has 0 saturated carbocycles. The Kier molecular flexibility index (Phi) is 4.72. The molecular weight excluding hydrogens is 916 g/mol. The first-order valence-corrected chi connectivity index (χ1v) is 24.1. The highest BCUT2D eigenvalue weighted by atomic mass is 16.3. The fraction of sp³-hybridized carbons (Fsp3) is 0.176. The van der Waals surface area contributed by atoms with Crippen molar-refractivity contribution in [3.63, 3.8) is 0 Å². The minimum atomic E-state index is -2.01. The van der Waals surface area contributed by atoms with Crippen LogP contribution in [0.5, 0.6) is 0 Å². The van der Waals surface area contributed by atoms with Gasteiger partial charge in [-0.15, -0.1) is 0 Å². The van der Waals surface area contributed by atoms with E-state index in [1.165, 1.54) is 9.47 Å². The predicted octanol–water partition coefficient (Wildman–Crippen LogP) is 17.2. The SMILES string of the molecule is [2H]c1c([2H])c([2H])c(N(c2c([2H])c([2H])c([2H])c([2H])c2[2H])c2c([2H])c3c4c(c2[2H])N2c5c(c([2H])c([2H])c([2H])c5-n5c6c([2H])c([2H])c(C(C)(C)C)c([2H])c6c6c([2H])c(C(C)(C)C)c([2H])c2c65)B4c2oc4c([2H])c([2H])c(C(C)(C)C)c([2H])c4c2N3c2c([2H])c([2H])c3c(oc4c([2H])c([2H])c([2H])c([2H])c43)c2[2H])c([2H])c1[2H]. The summed E-state index contributed by atoms with van der Waals surface area (Å²) in [6.07, 6.45) is 0. The summed E-state index contributed by atoms with van der Waals surface area (Å²) < 4.78 is 308. The van der Waals surface area contributed by atoms with E-state index in [2.05, 4.69) is 0 Å². The summed E-state index contributed by atoms with van der Waals surface area (Å²) in [5.41, 5.74) is -14.8. The van der Waals surface area contributed by atoms with Gasteiger partial charge in [-0.2, -0.15) is 0 Å². The van der Waals surface area contributed by atoms with E-state index in [1.54, 1.807) is 62.3 Å². The van der Waals surface area contributed by atoms with Crippen LogP contribution in [0.4, 0.5) is 51.2 Å². The lowest BCUT2D eigenvalue weighted by molar-refractivity contribution is 0.590. The van der Waals surface area contributed by atoms with E-state index in [0.717, 1.165) is 4.90 Å². The standard InChI is InChI=1S/C68H57BN4O2/c1-66(2,3)40-27-31-53-49(33-40)50-35-42(68(7,8)9)36-57-62(50)72(53)54-25-18-24-52-64(54)73(57)56-38-46(70(43-19-12-10-13-20-43)44-21-14-11-15-22-44)37-55-61(56)69(52)65-63(51-34-41(67(4,5)6)28-32-59(51)75-65)71(55)45-29-30-48-47-23-16-17-26-58(47)74-60(48)39-45/h10-39H,1-9H3/i10D,11D,12D,13D,14D,15D,16D,17D,18D,19D,20D,21D,22D,23D,24D,25D,26D,27D,28D,29D,30D,31D,32D,33D,34D,35D,36D,37D,38D,39D. The molecule has 0 bridgehead atoms. The van der Waals surface area contributed by atoms with Crippen molar-refractivity contribution in [2.24, 2.45) is 0 Å². The smallest absolute Gasteiger partial charge is 0.297 e. The number of anilines is 9. The van der Waals surface area contributed by atoms with Crippen LogP contribution in [0, 0.1) is 0 Å². The summed E-state index contributed by atoms with van der Waals surface area (Å²) in [6, 6.07) is -25.8. The molecule has 6 nitrogen and oxygen atoms in total. The summed E-state index contributed by atoms with van der Waals surface area (Å²) >= 11 is 0. The summed E-state index contributed by atoms with van der Waals surface area (Å²) in [4.78, 5) is 2.60. The highest BCUT2D eigenvalue weighted by molar-refractivity contribution is 7.00. The zero-order valence-electron chi connectivity index (χ0n) is 71.7. The minimum absolute atomic E-state index is 0.0389. The monoisotopic (exact) mass is 1000 g/mol. The number of hydrogen-bond acceptors (Lipinski definition) is 5. The molecule has 3 aliphatic rings. The van der Waals surface area contributed by atoms with Crippen molar-refractivity contribution in [2.75, 3.05) is 14.7 Å². The number of hydrogen-bond donors (Lipinski definition) is 0. The van der Waals surface area contributed by atoms with Crippen LogP contribution in [0.3, 0.4) is 0 Å². The summed E-state index contributed by atoms with van der Waals surface area (Å²) in [7, 11) is 0. The Morgan fingerprint density at radius 3 is 1.75 bits per heavy atom. The van der Waals surface area contributed by atoms with Crippen molar-refractivity contribution in [1.82, 2.24) is 4.57 Å². The molecule has 75 heavy (non-hydrogen) atoms. The summed E-state index contributed by atoms with van der Waals surface area (Å²) in [6.45, 7) is 13.0. The predicted molar refractivity (Wildman–Crippen MR) is 316 cm³/mol. The van der Waals surface area contributed by atoms with Crippen molar-refractivity contribution in [3.05, 3.63) is 198 Å². The lowest BCUT2D eigenvalue weighted by Gasteiger charge is -2.45. The Morgan fingerprint density at radius 2 is 1.04 bits per heavy atom. The van der Waals surface area contributed by atoms with Crippen LogP contribution in [-0.2, 0) is 16.2 Å². The second kappa shape index (κ2) is 15.1. The Morgan fingerprint density at radius 1 is 0.427 bits per heavy atom. The molecule has 0 unspecified atom stereocenters. The minimum Gasteiger partial charge on any atom is -0.468 e. The first-order chi connectivity index (χ1) is 48.7. The number of nitrogens with zero attached hydrogens (tertiary/aromatic N) is 4. The fourth-order valence-corrected chi connectivity index (χ4v) is 10.4. The van der Waals surface area contributed by atoms with E-state index >= 15 is 0 Å². The van der Waals surface area contributed by atoms with Crippen LogP contribution >= 0.6 is 0 Å². The van der Waals surface area contributed by atoms with Gasteiger partial charge in [0.25, 0.3) is 6.71 Å². The number of fused-ring (bicyclic) bond motifs is 14. The molecule has 0 fully saturated rings. The van der Waals surface area contributed by atoms with Gasteiger partial charge in [-0.25, -0.2) is 0 Å². The average molecular weight is 1000 g/mol. The van der Waals surface area contributed by atoms with Gasteiger partial charge in [-0.3, -0.25) is 0 Å². The molecule has 3 aromatic heterocycles. The maximum absolute atomic E-state index is 11.3. The largest absolute Gasteiger partial charge is 0.468 e. The van der Waals surface area contributed by atoms with Crippen LogP contribution < -0.4 is 31.3 Å². The van der Waals surface area contributed by atoms with Gasteiger partial charge in [0.05, 0.1) is 86.3 Å². The maximum atomic E-state index is 11.3. The van der Waals surface area contributed by atoms with Crippen molar-refractivity contribution in [2.45, 2.75) is 78.6 Å². The molecule has 0 atom stereocenters. The lowest BCUT2D eigenvalue weighted by atomic mass is 9.35. The molecular formula is C68H57BN4O2. The van der Waals surface area contributed by atoms with E-state index < -0.39 is 293 Å². The molecule has 0 spiro atoms. The lowest BCUT2D eigenvalue weighted by Crippen LogP contribution is -2.61. The van der Waals surface area contributed by atoms with Gasteiger partial charge in [-0.1, -0.05) is 141 Å². The molecule has 3 aliphatic heterocycles. The van der Waals surface area contributed by atoms with Crippen LogP contribution in [-0.4, -0.2) is 11.3 Å². The number of para-hydroxylation sites is 4. The molecule has 0 aliphatic carbocycles. The molecule has 12 aromatic rings. The number of rotatable bonds is 4. The molecule has 15 rings (SSSR count). The molecule has 364 valence electrons. The van der Waals surface area contributed by atoms with Gasteiger partial charge in [0.1, 0.15) is 16.7 Å². The highest BCUT2D eigenvalue weighted by Crippen LogP contribution is 2.56. The molecule has 0 N–H and O–H groups in total. The van der Waals surface area contributed by atoms with Crippen LogP contribution in [0.25, 0.3) is 60.4 Å². The number of aromatic nitrogens is 1. The third-order valence-corrected chi connectivity index (χ3v) is 13.9. The molecule has 0 amide bonds. The van der Waals surface area contributed by atoms with Crippen LogP contribution in [0.15, 0.2) is 190 Å². The van der Waals surface area contributed by atoms with Crippen molar-refractivity contribution in [3.8, 4) is 5.69 Å². The zero-order chi connectivity index (χ0) is 77.1. The van der Waals surface area contributed by atoms with Gasteiger partial charge < -0.3 is 28.1 Å². The molecule has 7 heteroatoms. The second-order valence-corrected chi connectivity index (χ2v) is 21.8. The summed E-state index contributed by atoms with van der Waals surface area (Å²) in [5, 5.41) is -1.68. The van der Waals surface area contributed by atoms with Crippen molar-refractivity contribution >= 4 is 129 Å². The van der Waals surface area contributed by atoms with E-state index in [1.807, 2.05) is 0 Å². The summed E-state index contributed by atoms with van der Waals surface area (Å²) in [5.74, 6) is 0. The van der Waals surface area contributed by atoms with Crippen molar-refractivity contribution in [1.29, 1.82) is 0 Å². The highest BCUT2D eigenvalue weighted by Gasteiger charge is 2.49. The van der Waals surface area contributed by atoms with Crippen molar-refractivity contribution < 1.29 is 50.0 Å². The first kappa shape index (κ1) is 23.4. The number of furan rings is 2. The van der Waals surface area contributed by atoms with Gasteiger partial charge in [0.2, 0.25) is 0 Å². The molecule has 0 saturated heterocycles.